The molecule has 1 aliphatic carbocycles. The molecular formula is C14H19N3O2. The highest BCUT2D eigenvalue weighted by atomic mass is 16.3. The number of aliphatic hydroxyl groups is 1. The van der Waals surface area contributed by atoms with Crippen LogP contribution in [0.15, 0.2) is 6.07 Å². The van der Waals surface area contributed by atoms with Crippen LogP contribution in [0.3, 0.4) is 0 Å². The number of aliphatic hydroxyl groups excluding tert-OH is 1. The van der Waals surface area contributed by atoms with Crippen LogP contribution in [0.1, 0.15) is 34.6 Å². The zero-order chi connectivity index (χ0) is 13.6. The molecule has 1 aliphatic heterocycles. The Bertz CT molecular complexity index is 517. The summed E-state index contributed by atoms with van der Waals surface area (Å²) in [6.07, 6.45) is 1.68. The summed E-state index contributed by atoms with van der Waals surface area (Å²) < 4.78 is 0. The van der Waals surface area contributed by atoms with Gasteiger partial charge in [0.05, 0.1) is 23.1 Å². The van der Waals surface area contributed by atoms with E-state index in [0.717, 1.165) is 25.1 Å². The molecule has 5 heteroatoms. The van der Waals surface area contributed by atoms with Crippen LogP contribution < -0.4 is 0 Å². The number of aromatic nitrogens is 2. The fourth-order valence-electron chi connectivity index (χ4n) is 3.34. The fourth-order valence-corrected chi connectivity index (χ4v) is 3.34. The molecule has 1 aromatic heterocycles. The largest absolute Gasteiger partial charge is 0.393 e. The first-order chi connectivity index (χ1) is 9.06. The van der Waals surface area contributed by atoms with Crippen LogP contribution in [0, 0.1) is 25.7 Å². The second kappa shape index (κ2) is 4.56. The normalized spacial score (nSPS) is 29.6. The van der Waals surface area contributed by atoms with Crippen molar-refractivity contribution in [1.29, 1.82) is 0 Å². The van der Waals surface area contributed by atoms with E-state index in [1.165, 1.54) is 0 Å². The van der Waals surface area contributed by atoms with Crippen molar-refractivity contribution < 1.29 is 9.90 Å². The minimum Gasteiger partial charge on any atom is -0.393 e. The first kappa shape index (κ1) is 12.5. The van der Waals surface area contributed by atoms with E-state index in [9.17, 15) is 9.90 Å². The van der Waals surface area contributed by atoms with Crippen molar-refractivity contribution in [3.63, 3.8) is 0 Å². The van der Waals surface area contributed by atoms with Crippen LogP contribution in [0.5, 0.6) is 0 Å². The minimum atomic E-state index is -0.235. The fraction of sp³-hybridized carbons (Fsp3) is 0.643. The second-order valence-corrected chi connectivity index (χ2v) is 5.76. The average Bonchev–Trinajstić information content (AvgIpc) is 2.94. The van der Waals surface area contributed by atoms with Crippen molar-refractivity contribution in [2.45, 2.75) is 32.8 Å². The molecule has 2 heterocycles. The molecule has 1 aromatic rings. The molecule has 3 atom stereocenters. The number of aryl methyl sites for hydroxylation is 2. The van der Waals surface area contributed by atoms with Crippen molar-refractivity contribution >= 4 is 5.91 Å². The molecule has 1 amide bonds. The van der Waals surface area contributed by atoms with E-state index in [4.69, 9.17) is 0 Å². The van der Waals surface area contributed by atoms with Crippen LogP contribution >= 0.6 is 0 Å². The SMILES string of the molecule is Cc1cc(C(=O)N2CC3CCC(O)C3C2)c(C)nn1. The van der Waals surface area contributed by atoms with Gasteiger partial charge in [0, 0.05) is 19.0 Å². The van der Waals surface area contributed by atoms with E-state index in [-0.39, 0.29) is 17.9 Å². The Hall–Kier alpha value is -1.49. The molecule has 102 valence electrons. The van der Waals surface area contributed by atoms with E-state index in [1.54, 1.807) is 6.07 Å². The number of hydrogen-bond acceptors (Lipinski definition) is 4. The molecule has 19 heavy (non-hydrogen) atoms. The van der Waals surface area contributed by atoms with Crippen molar-refractivity contribution in [2.24, 2.45) is 11.8 Å². The molecule has 0 radical (unpaired) electrons. The predicted molar refractivity (Wildman–Crippen MR) is 69.6 cm³/mol. The van der Waals surface area contributed by atoms with Gasteiger partial charge in [-0.1, -0.05) is 0 Å². The standard InChI is InChI=1S/C14H19N3O2/c1-8-5-11(9(2)16-15-8)14(19)17-6-10-3-4-13(18)12(10)7-17/h5,10,12-13,18H,3-4,6-7H2,1-2H3. The molecule has 0 aromatic carbocycles. The number of likely N-dealkylation sites (tertiary alicyclic amines) is 1. The van der Waals surface area contributed by atoms with Gasteiger partial charge >= 0.3 is 0 Å². The van der Waals surface area contributed by atoms with E-state index < -0.39 is 0 Å². The Kier molecular flexibility index (Phi) is 3.01. The Morgan fingerprint density at radius 3 is 2.84 bits per heavy atom. The van der Waals surface area contributed by atoms with Crippen LogP contribution in [-0.4, -0.2) is 45.3 Å². The number of nitrogens with zero attached hydrogens (tertiary/aromatic N) is 3. The summed E-state index contributed by atoms with van der Waals surface area (Å²) >= 11 is 0. The van der Waals surface area contributed by atoms with Gasteiger partial charge in [0.25, 0.3) is 5.91 Å². The lowest BCUT2D eigenvalue weighted by Gasteiger charge is -2.19. The topological polar surface area (TPSA) is 66.3 Å². The molecule has 0 spiro atoms. The maximum atomic E-state index is 12.5. The maximum absolute atomic E-state index is 12.5. The molecule has 1 saturated carbocycles. The lowest BCUT2D eigenvalue weighted by atomic mass is 10.00. The summed E-state index contributed by atoms with van der Waals surface area (Å²) in [5, 5.41) is 17.9. The molecule has 5 nitrogen and oxygen atoms in total. The summed E-state index contributed by atoms with van der Waals surface area (Å²) in [7, 11) is 0. The molecule has 0 bridgehead atoms. The molecule has 1 N–H and O–H groups in total. The summed E-state index contributed by atoms with van der Waals surface area (Å²) in [5.74, 6) is 0.757. The van der Waals surface area contributed by atoms with Gasteiger partial charge in [0.15, 0.2) is 0 Å². The minimum absolute atomic E-state index is 0.0251. The Balaban J connectivity index is 1.80. The van der Waals surface area contributed by atoms with Crippen molar-refractivity contribution in [1.82, 2.24) is 15.1 Å². The highest BCUT2D eigenvalue weighted by Gasteiger charge is 2.43. The monoisotopic (exact) mass is 261 g/mol. The summed E-state index contributed by atoms with van der Waals surface area (Å²) in [5.41, 5.74) is 2.07. The van der Waals surface area contributed by atoms with Gasteiger partial charge in [-0.3, -0.25) is 4.79 Å². The number of fused-ring (bicyclic) bond motifs is 1. The van der Waals surface area contributed by atoms with E-state index in [2.05, 4.69) is 10.2 Å². The number of carbonyl (C=O) groups excluding carboxylic acids is 1. The number of amides is 1. The van der Waals surface area contributed by atoms with Crippen LogP contribution in [0.4, 0.5) is 0 Å². The lowest BCUT2D eigenvalue weighted by molar-refractivity contribution is 0.0751. The van der Waals surface area contributed by atoms with Crippen molar-refractivity contribution in [2.75, 3.05) is 13.1 Å². The van der Waals surface area contributed by atoms with Crippen LogP contribution in [-0.2, 0) is 0 Å². The van der Waals surface area contributed by atoms with Gasteiger partial charge < -0.3 is 10.0 Å². The zero-order valence-corrected chi connectivity index (χ0v) is 11.3. The third-order valence-electron chi connectivity index (χ3n) is 4.44. The molecule has 2 fully saturated rings. The average molecular weight is 261 g/mol. The molecule has 2 aliphatic rings. The maximum Gasteiger partial charge on any atom is 0.255 e. The van der Waals surface area contributed by atoms with Crippen LogP contribution in [0.2, 0.25) is 0 Å². The van der Waals surface area contributed by atoms with E-state index in [1.807, 2.05) is 18.7 Å². The van der Waals surface area contributed by atoms with Crippen molar-refractivity contribution in [3.05, 3.63) is 23.0 Å². The van der Waals surface area contributed by atoms with Gasteiger partial charge in [-0.25, -0.2) is 0 Å². The quantitative estimate of drug-likeness (QED) is 0.817. The van der Waals surface area contributed by atoms with E-state index >= 15 is 0 Å². The molecule has 3 rings (SSSR count). The smallest absolute Gasteiger partial charge is 0.255 e. The highest BCUT2D eigenvalue weighted by molar-refractivity contribution is 5.95. The lowest BCUT2D eigenvalue weighted by Crippen LogP contribution is -2.31. The predicted octanol–water partition coefficient (Wildman–Crippen LogP) is 0.936. The number of carbonyl (C=O) groups is 1. The first-order valence-corrected chi connectivity index (χ1v) is 6.84. The Morgan fingerprint density at radius 1 is 1.32 bits per heavy atom. The Morgan fingerprint density at radius 2 is 2.11 bits per heavy atom. The summed E-state index contributed by atoms with van der Waals surface area (Å²) in [6.45, 7) is 5.09. The van der Waals surface area contributed by atoms with Crippen molar-refractivity contribution in [3.8, 4) is 0 Å². The summed E-state index contributed by atoms with van der Waals surface area (Å²) in [4.78, 5) is 14.4. The number of rotatable bonds is 1. The van der Waals surface area contributed by atoms with Gasteiger partial charge in [-0.15, -0.1) is 0 Å². The van der Waals surface area contributed by atoms with Gasteiger partial charge in [-0.2, -0.15) is 10.2 Å². The van der Waals surface area contributed by atoms with Gasteiger partial charge in [0.2, 0.25) is 0 Å². The highest BCUT2D eigenvalue weighted by Crippen LogP contribution is 2.38. The molecular weight excluding hydrogens is 242 g/mol. The molecule has 3 unspecified atom stereocenters. The Labute approximate surface area is 112 Å². The third kappa shape index (κ3) is 2.12. The first-order valence-electron chi connectivity index (χ1n) is 6.84. The van der Waals surface area contributed by atoms with Crippen LogP contribution in [0.25, 0.3) is 0 Å². The van der Waals surface area contributed by atoms with Gasteiger partial charge in [-0.05, 0) is 38.7 Å². The van der Waals surface area contributed by atoms with E-state index in [0.29, 0.717) is 23.7 Å². The molecule has 1 saturated heterocycles. The third-order valence-corrected chi connectivity index (χ3v) is 4.44. The zero-order valence-electron chi connectivity index (χ0n) is 11.3. The second-order valence-electron chi connectivity index (χ2n) is 5.76. The summed E-state index contributed by atoms with van der Waals surface area (Å²) in [6, 6.07) is 1.80. The van der Waals surface area contributed by atoms with Gasteiger partial charge in [0.1, 0.15) is 0 Å². The number of hydrogen-bond donors (Lipinski definition) is 1.